The van der Waals surface area contributed by atoms with Crippen LogP contribution >= 0.6 is 11.3 Å². The third-order valence-corrected chi connectivity index (χ3v) is 7.68. The van der Waals surface area contributed by atoms with E-state index in [1.165, 1.54) is 10.4 Å². The van der Waals surface area contributed by atoms with Crippen LogP contribution in [0.2, 0.25) is 0 Å². The molecule has 1 fully saturated rings. The van der Waals surface area contributed by atoms with Crippen LogP contribution in [0.1, 0.15) is 21.7 Å². The largest absolute Gasteiger partial charge is 0.334 e. The van der Waals surface area contributed by atoms with Crippen molar-refractivity contribution in [3.8, 4) is 0 Å². The lowest BCUT2D eigenvalue weighted by Crippen LogP contribution is -2.48. The minimum absolute atomic E-state index is 0.0688. The number of aryl methyl sites for hydroxylation is 1. The third-order valence-electron chi connectivity index (χ3n) is 4.92. The van der Waals surface area contributed by atoms with Crippen molar-refractivity contribution in [1.29, 1.82) is 0 Å². The van der Waals surface area contributed by atoms with E-state index in [0.717, 1.165) is 11.3 Å². The van der Waals surface area contributed by atoms with Gasteiger partial charge in [-0.3, -0.25) is 15.0 Å². The van der Waals surface area contributed by atoms with Crippen molar-refractivity contribution in [2.45, 2.75) is 32.4 Å². The smallest absolute Gasteiger partial charge is 0.321 e. The van der Waals surface area contributed by atoms with E-state index in [2.05, 4.69) is 34.9 Å². The summed E-state index contributed by atoms with van der Waals surface area (Å²) in [7, 11) is -3.09. The number of rotatable bonds is 8. The van der Waals surface area contributed by atoms with Gasteiger partial charge in [-0.15, -0.1) is 11.3 Å². The first-order valence-corrected chi connectivity index (χ1v) is 12.6. The molecule has 30 heavy (non-hydrogen) atoms. The molecular weight excluding hydrogens is 422 g/mol. The summed E-state index contributed by atoms with van der Waals surface area (Å²) in [5.74, 6) is -0.413. The molecule has 2 N–H and O–H groups in total. The highest BCUT2D eigenvalue weighted by molar-refractivity contribution is 7.91. The Kier molecular flexibility index (Phi) is 7.63. The molecule has 0 bridgehead atoms. The van der Waals surface area contributed by atoms with Gasteiger partial charge in [0.05, 0.1) is 18.1 Å². The van der Waals surface area contributed by atoms with Crippen LogP contribution in [0.3, 0.4) is 0 Å². The predicted octanol–water partition coefficient (Wildman–Crippen LogP) is 2.11. The summed E-state index contributed by atoms with van der Waals surface area (Å²) in [4.78, 5) is 28.9. The minimum atomic E-state index is -3.09. The molecule has 0 radical (unpaired) electrons. The second-order valence-corrected chi connectivity index (χ2v) is 11.2. The van der Waals surface area contributed by atoms with Crippen LogP contribution < -0.4 is 10.6 Å². The van der Waals surface area contributed by atoms with Crippen molar-refractivity contribution in [1.82, 2.24) is 15.5 Å². The van der Waals surface area contributed by atoms with Crippen molar-refractivity contribution in [2.75, 3.05) is 24.6 Å². The summed E-state index contributed by atoms with van der Waals surface area (Å²) in [5, 5.41) is 4.91. The number of thiophene rings is 1. The van der Waals surface area contributed by atoms with Gasteiger partial charge in [-0.2, -0.15) is 0 Å². The van der Waals surface area contributed by atoms with Gasteiger partial charge in [0, 0.05) is 28.9 Å². The molecule has 0 spiro atoms. The Balaban J connectivity index is 1.54. The van der Waals surface area contributed by atoms with Gasteiger partial charge in [-0.25, -0.2) is 13.2 Å². The van der Waals surface area contributed by atoms with E-state index in [4.69, 9.17) is 0 Å². The molecule has 7 nitrogen and oxygen atoms in total. The molecule has 1 aromatic carbocycles. The molecule has 3 amide bonds. The van der Waals surface area contributed by atoms with Crippen LogP contribution in [0.4, 0.5) is 4.79 Å². The van der Waals surface area contributed by atoms with E-state index in [0.29, 0.717) is 19.5 Å². The Bertz CT molecular complexity index is 973. The lowest BCUT2D eigenvalue weighted by molar-refractivity contribution is -0.121. The molecule has 1 aliphatic rings. The van der Waals surface area contributed by atoms with Gasteiger partial charge in [-0.05, 0) is 37.5 Å². The van der Waals surface area contributed by atoms with Crippen LogP contribution in [-0.4, -0.2) is 55.9 Å². The zero-order valence-corrected chi connectivity index (χ0v) is 18.6. The first-order valence-electron chi connectivity index (χ1n) is 9.91. The number of urea groups is 1. The first kappa shape index (κ1) is 22.5. The molecule has 1 aromatic heterocycles. The highest BCUT2D eigenvalue weighted by atomic mass is 32.2. The predicted molar refractivity (Wildman–Crippen MR) is 118 cm³/mol. The van der Waals surface area contributed by atoms with E-state index in [1.54, 1.807) is 11.3 Å². The number of amides is 3. The summed E-state index contributed by atoms with van der Waals surface area (Å²) in [6.45, 7) is 3.43. The topological polar surface area (TPSA) is 95.6 Å². The van der Waals surface area contributed by atoms with E-state index < -0.39 is 27.8 Å². The van der Waals surface area contributed by atoms with Gasteiger partial charge in [0.2, 0.25) is 5.91 Å². The Labute approximate surface area is 181 Å². The molecule has 9 heteroatoms. The highest BCUT2D eigenvalue weighted by Crippen LogP contribution is 2.17. The third kappa shape index (κ3) is 7.23. The number of benzene rings is 1. The van der Waals surface area contributed by atoms with Crippen molar-refractivity contribution in [3.05, 3.63) is 57.8 Å². The van der Waals surface area contributed by atoms with Crippen molar-refractivity contribution >= 4 is 33.1 Å². The number of hydrogen-bond acceptors (Lipinski definition) is 6. The lowest BCUT2D eigenvalue weighted by atomic mass is 10.1. The van der Waals surface area contributed by atoms with Gasteiger partial charge in [-0.1, -0.05) is 30.3 Å². The fraction of sp³-hybridized carbons (Fsp3) is 0.429. The molecule has 2 aromatic rings. The first-order chi connectivity index (χ1) is 14.3. The number of carbonyl (C=O) groups is 2. The van der Waals surface area contributed by atoms with E-state index in [9.17, 15) is 18.0 Å². The molecular formula is C21H27N3O4S2. The molecule has 1 atom stereocenters. The molecule has 3 rings (SSSR count). The number of carbonyl (C=O) groups excluding carboxylic acids is 2. The van der Waals surface area contributed by atoms with Crippen LogP contribution in [0.25, 0.3) is 0 Å². The van der Waals surface area contributed by atoms with Crippen molar-refractivity contribution in [3.63, 3.8) is 0 Å². The van der Waals surface area contributed by atoms with E-state index >= 15 is 0 Å². The number of hydrogen-bond donors (Lipinski definition) is 2. The monoisotopic (exact) mass is 449 g/mol. The molecule has 0 saturated carbocycles. The fourth-order valence-corrected chi connectivity index (χ4v) is 6.04. The zero-order valence-electron chi connectivity index (χ0n) is 17.0. The fourth-order valence-electron chi connectivity index (χ4n) is 3.44. The van der Waals surface area contributed by atoms with Gasteiger partial charge in [0.25, 0.3) is 0 Å². The maximum absolute atomic E-state index is 12.4. The van der Waals surface area contributed by atoms with Crippen molar-refractivity contribution < 1.29 is 18.0 Å². The highest BCUT2D eigenvalue weighted by Gasteiger charge is 2.29. The number of nitrogens with one attached hydrogen (secondary N) is 2. The summed E-state index contributed by atoms with van der Waals surface area (Å²) < 4.78 is 23.0. The lowest BCUT2D eigenvalue weighted by Gasteiger charge is -2.21. The summed E-state index contributed by atoms with van der Waals surface area (Å²) in [6.07, 6.45) is 1.18. The standard InChI is InChI=1S/C21H27N3O4S2/c1-16-7-8-19(29-16)13-24(11-9-17-5-3-2-4-6-17)14-20(25)23-21(26)22-18-10-12-30(27,28)15-18/h2-8,18H,9-15H2,1H3,(H2,22,23,25,26)/t18-/m0/s1. The van der Waals surface area contributed by atoms with Gasteiger partial charge >= 0.3 is 6.03 Å². The Morgan fingerprint density at radius 2 is 1.93 bits per heavy atom. The minimum Gasteiger partial charge on any atom is -0.334 e. The number of imide groups is 1. The molecule has 162 valence electrons. The maximum Gasteiger partial charge on any atom is 0.321 e. The number of nitrogens with zero attached hydrogens (tertiary/aromatic N) is 1. The summed E-state index contributed by atoms with van der Waals surface area (Å²) >= 11 is 1.69. The van der Waals surface area contributed by atoms with E-state index in [-0.39, 0.29) is 18.1 Å². The SMILES string of the molecule is Cc1ccc(CN(CCc2ccccc2)CC(=O)NC(=O)N[C@H]2CCS(=O)(=O)C2)s1. The molecule has 1 aliphatic heterocycles. The molecule has 0 aliphatic carbocycles. The van der Waals surface area contributed by atoms with Crippen LogP contribution in [0.5, 0.6) is 0 Å². The number of sulfone groups is 1. The van der Waals surface area contributed by atoms with Gasteiger partial charge in [0.1, 0.15) is 0 Å². The molecule has 2 heterocycles. The van der Waals surface area contributed by atoms with Gasteiger partial charge in [0.15, 0.2) is 9.84 Å². The molecule has 1 saturated heterocycles. The second-order valence-electron chi connectivity index (χ2n) is 7.58. The normalized spacial score (nSPS) is 17.7. The Morgan fingerprint density at radius 1 is 1.17 bits per heavy atom. The average Bonchev–Trinajstić information content (AvgIpc) is 3.24. The van der Waals surface area contributed by atoms with Crippen LogP contribution in [0, 0.1) is 6.92 Å². The van der Waals surface area contributed by atoms with Crippen LogP contribution in [0.15, 0.2) is 42.5 Å². The second kappa shape index (κ2) is 10.2. The maximum atomic E-state index is 12.4. The van der Waals surface area contributed by atoms with E-state index in [1.807, 2.05) is 30.0 Å². The summed E-state index contributed by atoms with van der Waals surface area (Å²) in [6, 6.07) is 13.1. The Hall–Kier alpha value is -2.23. The average molecular weight is 450 g/mol. The Morgan fingerprint density at radius 3 is 2.57 bits per heavy atom. The van der Waals surface area contributed by atoms with Crippen molar-refractivity contribution in [2.24, 2.45) is 0 Å². The van der Waals surface area contributed by atoms with Gasteiger partial charge < -0.3 is 5.32 Å². The van der Waals surface area contributed by atoms with Crippen LogP contribution in [-0.2, 0) is 27.6 Å². The molecule has 0 unspecified atom stereocenters. The quantitative estimate of drug-likeness (QED) is 0.644. The summed E-state index contributed by atoms with van der Waals surface area (Å²) in [5.41, 5.74) is 1.19. The zero-order chi connectivity index (χ0) is 21.6.